The fraction of sp³-hybridized carbons (Fsp3) is 0.273. The molecule has 1 aliphatic rings. The van der Waals surface area contributed by atoms with E-state index in [-0.39, 0.29) is 5.56 Å². The molecule has 4 rings (SSSR count). The number of carbonyl (C=O) groups excluding carboxylic acids is 1. The normalized spacial score (nSPS) is 14.9. The molecule has 1 aliphatic heterocycles. The van der Waals surface area contributed by atoms with Crippen molar-refractivity contribution in [3.63, 3.8) is 0 Å². The zero-order valence-electron chi connectivity index (χ0n) is 15.8. The predicted octanol–water partition coefficient (Wildman–Crippen LogP) is 4.49. The lowest BCUT2D eigenvalue weighted by atomic mass is 9.91. The fourth-order valence-corrected chi connectivity index (χ4v) is 3.86. The van der Waals surface area contributed by atoms with E-state index in [1.165, 1.54) is 23.4 Å². The summed E-state index contributed by atoms with van der Waals surface area (Å²) in [5, 5.41) is 2.82. The van der Waals surface area contributed by atoms with Crippen LogP contribution in [0.25, 0.3) is 0 Å². The quantitative estimate of drug-likeness (QED) is 0.703. The summed E-state index contributed by atoms with van der Waals surface area (Å²) in [6.07, 6.45) is 5.73. The molecule has 28 heavy (non-hydrogen) atoms. The summed E-state index contributed by atoms with van der Waals surface area (Å²) >= 11 is 0. The number of rotatable bonds is 4. The molecule has 0 radical (unpaired) electrons. The average molecular weight is 378 g/mol. The van der Waals surface area contributed by atoms with Crippen LogP contribution in [0.3, 0.4) is 0 Å². The van der Waals surface area contributed by atoms with Crippen LogP contribution in [0, 0.1) is 12.7 Å². The molecule has 1 fully saturated rings. The van der Waals surface area contributed by atoms with Crippen molar-refractivity contribution in [1.29, 1.82) is 0 Å². The second-order valence-corrected chi connectivity index (χ2v) is 7.14. The molecule has 1 saturated heterocycles. The van der Waals surface area contributed by atoms with Gasteiger partial charge in [0.1, 0.15) is 5.82 Å². The molecule has 1 amide bonds. The van der Waals surface area contributed by atoms with Crippen molar-refractivity contribution in [1.82, 2.24) is 9.97 Å². The number of halogens is 1. The van der Waals surface area contributed by atoms with E-state index in [0.29, 0.717) is 11.6 Å². The molecule has 1 aromatic carbocycles. The maximum atomic E-state index is 13.9. The zero-order chi connectivity index (χ0) is 19.5. The molecule has 0 spiro atoms. The number of nitrogens with zero attached hydrogens (tertiary/aromatic N) is 2. The second-order valence-electron chi connectivity index (χ2n) is 7.14. The molecule has 0 unspecified atom stereocenters. The number of amides is 1. The highest BCUT2D eigenvalue weighted by Gasteiger charge is 2.25. The van der Waals surface area contributed by atoms with Gasteiger partial charge in [-0.1, -0.05) is 12.1 Å². The summed E-state index contributed by atoms with van der Waals surface area (Å²) in [6, 6.07) is 11.7. The smallest absolute Gasteiger partial charge is 0.258 e. The van der Waals surface area contributed by atoms with Crippen LogP contribution in [0.15, 0.2) is 54.9 Å². The number of hydrogen-bond donors (Lipinski definition) is 2. The summed E-state index contributed by atoms with van der Waals surface area (Å²) < 4.78 is 13.9. The van der Waals surface area contributed by atoms with Gasteiger partial charge in [-0.3, -0.25) is 4.79 Å². The van der Waals surface area contributed by atoms with Gasteiger partial charge in [0.15, 0.2) is 5.82 Å². The monoisotopic (exact) mass is 378 g/mol. The Balaban J connectivity index is 1.49. The minimum atomic E-state index is -0.535. The standard InChI is InChI=1S/C22H23FN4O/c1-15-8-12-24-20(15)16-9-13-27(14-10-16)21-19(7-4-11-25-21)26-22(28)17-5-2-3-6-18(17)23/h2-8,11-12,16,24H,9-10,13-14H2,1H3,(H,26,28). The number of anilines is 2. The Bertz CT molecular complexity index is 976. The van der Waals surface area contributed by atoms with Gasteiger partial charge in [0.05, 0.1) is 11.3 Å². The number of H-pyrrole nitrogens is 1. The lowest BCUT2D eigenvalue weighted by molar-refractivity contribution is 0.102. The largest absolute Gasteiger partial charge is 0.365 e. The van der Waals surface area contributed by atoms with Crippen molar-refractivity contribution in [3.05, 3.63) is 77.5 Å². The molecular weight excluding hydrogens is 355 g/mol. The topological polar surface area (TPSA) is 61.0 Å². The first kappa shape index (κ1) is 18.2. The molecule has 6 heteroatoms. The minimum Gasteiger partial charge on any atom is -0.365 e. The van der Waals surface area contributed by atoms with E-state index in [1.54, 1.807) is 24.4 Å². The number of aryl methyl sites for hydroxylation is 1. The van der Waals surface area contributed by atoms with Crippen molar-refractivity contribution in [2.75, 3.05) is 23.3 Å². The fourth-order valence-electron chi connectivity index (χ4n) is 3.86. The van der Waals surface area contributed by atoms with E-state index >= 15 is 0 Å². The van der Waals surface area contributed by atoms with Crippen LogP contribution in [0.4, 0.5) is 15.9 Å². The molecule has 2 aromatic heterocycles. The molecule has 0 atom stereocenters. The second kappa shape index (κ2) is 7.84. The van der Waals surface area contributed by atoms with E-state index in [0.717, 1.165) is 31.7 Å². The summed E-state index contributed by atoms with van der Waals surface area (Å²) in [7, 11) is 0. The van der Waals surface area contributed by atoms with Crippen LogP contribution in [-0.2, 0) is 0 Å². The van der Waals surface area contributed by atoms with Gasteiger partial charge >= 0.3 is 0 Å². The molecule has 0 bridgehead atoms. The number of piperidine rings is 1. The first-order valence-electron chi connectivity index (χ1n) is 9.53. The molecule has 5 nitrogen and oxygen atoms in total. The van der Waals surface area contributed by atoms with E-state index in [4.69, 9.17) is 0 Å². The van der Waals surface area contributed by atoms with Crippen LogP contribution >= 0.6 is 0 Å². The van der Waals surface area contributed by atoms with Gasteiger partial charge in [-0.25, -0.2) is 9.37 Å². The van der Waals surface area contributed by atoms with Crippen molar-refractivity contribution in [2.24, 2.45) is 0 Å². The third kappa shape index (κ3) is 3.63. The van der Waals surface area contributed by atoms with Gasteiger partial charge < -0.3 is 15.2 Å². The van der Waals surface area contributed by atoms with Crippen molar-refractivity contribution < 1.29 is 9.18 Å². The number of pyridine rings is 1. The predicted molar refractivity (Wildman–Crippen MR) is 108 cm³/mol. The number of carbonyl (C=O) groups is 1. The summed E-state index contributed by atoms with van der Waals surface area (Å²) in [4.78, 5) is 22.6. The van der Waals surface area contributed by atoms with Crippen LogP contribution in [-0.4, -0.2) is 29.0 Å². The van der Waals surface area contributed by atoms with Gasteiger partial charge in [0.2, 0.25) is 0 Å². The summed E-state index contributed by atoms with van der Waals surface area (Å²) in [6.45, 7) is 3.83. The Labute approximate surface area is 163 Å². The number of benzene rings is 1. The molecule has 2 N–H and O–H groups in total. The first-order valence-corrected chi connectivity index (χ1v) is 9.53. The molecule has 3 heterocycles. The van der Waals surface area contributed by atoms with Crippen LogP contribution < -0.4 is 10.2 Å². The highest BCUT2D eigenvalue weighted by atomic mass is 19.1. The molecule has 0 saturated carbocycles. The van der Waals surface area contributed by atoms with E-state index in [1.807, 2.05) is 12.3 Å². The first-order chi connectivity index (χ1) is 13.6. The van der Waals surface area contributed by atoms with Gasteiger partial charge in [0.25, 0.3) is 5.91 Å². The highest BCUT2D eigenvalue weighted by molar-refractivity contribution is 6.05. The van der Waals surface area contributed by atoms with Crippen LogP contribution in [0.5, 0.6) is 0 Å². The Kier molecular flexibility index (Phi) is 5.10. The van der Waals surface area contributed by atoms with E-state index < -0.39 is 11.7 Å². The van der Waals surface area contributed by atoms with E-state index in [9.17, 15) is 9.18 Å². The van der Waals surface area contributed by atoms with Gasteiger partial charge in [-0.2, -0.15) is 0 Å². The maximum absolute atomic E-state index is 13.9. The number of hydrogen-bond acceptors (Lipinski definition) is 3. The van der Waals surface area contributed by atoms with E-state index in [2.05, 4.69) is 33.2 Å². The van der Waals surface area contributed by atoms with Gasteiger partial charge in [0, 0.05) is 37.1 Å². The van der Waals surface area contributed by atoms with Crippen LogP contribution in [0.1, 0.15) is 40.4 Å². The Morgan fingerprint density at radius 2 is 1.96 bits per heavy atom. The van der Waals surface area contributed by atoms with Crippen molar-refractivity contribution >= 4 is 17.4 Å². The minimum absolute atomic E-state index is 0.0261. The third-order valence-corrected chi connectivity index (χ3v) is 5.35. The molecule has 0 aliphatic carbocycles. The number of aromatic amines is 1. The zero-order valence-corrected chi connectivity index (χ0v) is 15.8. The highest BCUT2D eigenvalue weighted by Crippen LogP contribution is 2.33. The Morgan fingerprint density at radius 3 is 2.68 bits per heavy atom. The lowest BCUT2D eigenvalue weighted by Crippen LogP contribution is -2.34. The van der Waals surface area contributed by atoms with Crippen molar-refractivity contribution in [2.45, 2.75) is 25.7 Å². The number of aromatic nitrogens is 2. The Morgan fingerprint density at radius 1 is 1.18 bits per heavy atom. The van der Waals surface area contributed by atoms with Crippen molar-refractivity contribution in [3.8, 4) is 0 Å². The average Bonchev–Trinajstić information content (AvgIpc) is 3.15. The molecule has 144 valence electrons. The Hall–Kier alpha value is -3.15. The van der Waals surface area contributed by atoms with Gasteiger partial charge in [-0.05, 0) is 55.7 Å². The molecule has 3 aromatic rings. The van der Waals surface area contributed by atoms with Crippen LogP contribution in [0.2, 0.25) is 0 Å². The molecular formula is C22H23FN4O. The summed E-state index contributed by atoms with van der Waals surface area (Å²) in [5.74, 6) is 0.233. The summed E-state index contributed by atoms with van der Waals surface area (Å²) in [5.41, 5.74) is 3.24. The number of nitrogens with one attached hydrogen (secondary N) is 2. The van der Waals surface area contributed by atoms with Gasteiger partial charge in [-0.15, -0.1) is 0 Å². The SMILES string of the molecule is Cc1cc[nH]c1C1CCN(c2ncccc2NC(=O)c2ccccc2F)CC1. The maximum Gasteiger partial charge on any atom is 0.258 e. The lowest BCUT2D eigenvalue weighted by Gasteiger charge is -2.33. The third-order valence-electron chi connectivity index (χ3n) is 5.35.